The Hall–Kier alpha value is -0.830. The van der Waals surface area contributed by atoms with Crippen molar-refractivity contribution in [1.82, 2.24) is 10.2 Å². The first-order valence-electron chi connectivity index (χ1n) is 4.41. The van der Waals surface area contributed by atoms with E-state index in [9.17, 15) is 0 Å². The van der Waals surface area contributed by atoms with Crippen molar-refractivity contribution in [3.8, 4) is 0 Å². The van der Waals surface area contributed by atoms with Crippen molar-refractivity contribution in [2.75, 3.05) is 6.61 Å². The maximum atomic E-state index is 5.15. The Morgan fingerprint density at radius 3 is 2.58 bits per heavy atom. The largest absolute Gasteiger partial charge is 0.375 e. The molecule has 0 saturated carbocycles. The molecule has 0 bridgehead atoms. The molecule has 1 aromatic rings. The molecular formula is C9H18N2O. The van der Waals surface area contributed by atoms with Crippen molar-refractivity contribution < 1.29 is 4.74 Å². The summed E-state index contributed by atoms with van der Waals surface area (Å²) in [4.78, 5) is 0. The molecule has 0 aromatic carbocycles. The van der Waals surface area contributed by atoms with Crippen LogP contribution < -0.4 is 0 Å². The second kappa shape index (κ2) is 6.85. The lowest BCUT2D eigenvalue weighted by Crippen LogP contribution is -1.91. The molecule has 0 aliphatic carbocycles. The minimum atomic E-state index is 0.612. The van der Waals surface area contributed by atoms with Gasteiger partial charge in [-0.05, 0) is 19.9 Å². The number of ether oxygens (including phenoxy) is 1. The van der Waals surface area contributed by atoms with Crippen LogP contribution in [0.15, 0.2) is 6.07 Å². The summed E-state index contributed by atoms with van der Waals surface area (Å²) in [5, 5.41) is 6.85. The lowest BCUT2D eigenvalue weighted by atomic mass is 10.4. The third-order valence-corrected chi connectivity index (χ3v) is 1.21. The lowest BCUT2D eigenvalue weighted by molar-refractivity contribution is 0.131. The summed E-state index contributed by atoms with van der Waals surface area (Å²) in [5.41, 5.74) is 2.05. The Morgan fingerprint density at radius 1 is 1.50 bits per heavy atom. The summed E-state index contributed by atoms with van der Waals surface area (Å²) >= 11 is 0. The van der Waals surface area contributed by atoms with Crippen LogP contribution in [0.5, 0.6) is 0 Å². The molecule has 12 heavy (non-hydrogen) atoms. The Labute approximate surface area is 74.1 Å². The summed E-state index contributed by atoms with van der Waals surface area (Å²) < 4.78 is 5.15. The Morgan fingerprint density at radius 2 is 2.17 bits per heavy atom. The van der Waals surface area contributed by atoms with Crippen LogP contribution in [0, 0.1) is 6.92 Å². The smallest absolute Gasteiger partial charge is 0.0906 e. The molecule has 3 heteroatoms. The maximum absolute atomic E-state index is 5.15. The molecular weight excluding hydrogens is 152 g/mol. The van der Waals surface area contributed by atoms with E-state index in [1.54, 1.807) is 0 Å². The van der Waals surface area contributed by atoms with Crippen LogP contribution in [0.1, 0.15) is 32.2 Å². The first-order chi connectivity index (χ1) is 5.83. The molecule has 3 nitrogen and oxygen atoms in total. The highest BCUT2D eigenvalue weighted by Crippen LogP contribution is 1.98. The molecule has 0 aliphatic heterocycles. The SMILES string of the molecule is CC.CCOCc1cc(C)[nH]n1. The predicted octanol–water partition coefficient (Wildman–Crippen LogP) is 2.28. The van der Waals surface area contributed by atoms with Crippen molar-refractivity contribution >= 4 is 0 Å². The second-order valence-corrected chi connectivity index (χ2v) is 2.18. The molecule has 1 aromatic heterocycles. The standard InChI is InChI=1S/C7H12N2O.C2H6/c1-3-10-5-7-4-6(2)8-9-7;1-2/h4H,3,5H2,1-2H3,(H,8,9);1-2H3. The summed E-state index contributed by atoms with van der Waals surface area (Å²) in [5.74, 6) is 0. The monoisotopic (exact) mass is 170 g/mol. The van der Waals surface area contributed by atoms with Crippen LogP contribution in [0.3, 0.4) is 0 Å². The number of hydrogen-bond acceptors (Lipinski definition) is 2. The third-order valence-electron chi connectivity index (χ3n) is 1.21. The van der Waals surface area contributed by atoms with Crippen LogP contribution in [0.25, 0.3) is 0 Å². The summed E-state index contributed by atoms with van der Waals surface area (Å²) in [6.45, 7) is 9.30. The number of H-pyrrole nitrogens is 1. The second-order valence-electron chi connectivity index (χ2n) is 2.18. The number of hydrogen-bond donors (Lipinski definition) is 1. The fraction of sp³-hybridized carbons (Fsp3) is 0.667. The van der Waals surface area contributed by atoms with Crippen molar-refractivity contribution in [2.24, 2.45) is 0 Å². The highest BCUT2D eigenvalue weighted by Gasteiger charge is 1.94. The van der Waals surface area contributed by atoms with E-state index in [2.05, 4.69) is 10.2 Å². The maximum Gasteiger partial charge on any atom is 0.0906 e. The zero-order valence-electron chi connectivity index (χ0n) is 8.35. The van der Waals surface area contributed by atoms with E-state index in [1.807, 2.05) is 33.8 Å². The van der Waals surface area contributed by atoms with Crippen LogP contribution in [0.4, 0.5) is 0 Å². The number of nitrogens with zero attached hydrogens (tertiary/aromatic N) is 1. The van der Waals surface area contributed by atoms with Gasteiger partial charge < -0.3 is 4.74 Å². The van der Waals surface area contributed by atoms with Gasteiger partial charge in [0.2, 0.25) is 0 Å². The van der Waals surface area contributed by atoms with Gasteiger partial charge in [0.05, 0.1) is 12.3 Å². The highest BCUT2D eigenvalue weighted by atomic mass is 16.5. The van der Waals surface area contributed by atoms with Gasteiger partial charge in [0.15, 0.2) is 0 Å². The molecule has 1 rings (SSSR count). The van der Waals surface area contributed by atoms with Crippen LogP contribution in [0.2, 0.25) is 0 Å². The first-order valence-corrected chi connectivity index (χ1v) is 4.41. The average Bonchev–Trinajstić information content (AvgIpc) is 2.51. The number of aromatic amines is 1. The molecule has 0 radical (unpaired) electrons. The van der Waals surface area contributed by atoms with Gasteiger partial charge in [-0.25, -0.2) is 0 Å². The van der Waals surface area contributed by atoms with E-state index in [0.717, 1.165) is 18.0 Å². The van der Waals surface area contributed by atoms with Gasteiger partial charge in [-0.3, -0.25) is 5.10 Å². The van der Waals surface area contributed by atoms with Crippen molar-refractivity contribution in [3.05, 3.63) is 17.5 Å². The molecule has 1 heterocycles. The van der Waals surface area contributed by atoms with Gasteiger partial charge in [0, 0.05) is 12.3 Å². The normalized spacial score (nSPS) is 9.00. The number of aromatic nitrogens is 2. The summed E-state index contributed by atoms with van der Waals surface area (Å²) in [6.07, 6.45) is 0. The van der Waals surface area contributed by atoms with Gasteiger partial charge in [-0.2, -0.15) is 5.10 Å². The van der Waals surface area contributed by atoms with Gasteiger partial charge in [-0.1, -0.05) is 13.8 Å². The molecule has 0 aliphatic rings. The Bertz CT molecular complexity index is 196. The topological polar surface area (TPSA) is 37.9 Å². The van der Waals surface area contributed by atoms with Crippen LogP contribution in [-0.4, -0.2) is 16.8 Å². The van der Waals surface area contributed by atoms with Gasteiger partial charge in [-0.15, -0.1) is 0 Å². The molecule has 70 valence electrons. The Balaban J connectivity index is 0.000000561. The summed E-state index contributed by atoms with van der Waals surface area (Å²) in [6, 6.07) is 1.98. The van der Waals surface area contributed by atoms with Crippen molar-refractivity contribution in [1.29, 1.82) is 0 Å². The van der Waals surface area contributed by atoms with Crippen molar-refractivity contribution in [3.63, 3.8) is 0 Å². The predicted molar refractivity (Wildman–Crippen MR) is 50.0 cm³/mol. The fourth-order valence-electron chi connectivity index (χ4n) is 0.755. The molecule has 0 fully saturated rings. The van der Waals surface area contributed by atoms with Crippen molar-refractivity contribution in [2.45, 2.75) is 34.3 Å². The van der Waals surface area contributed by atoms with E-state index in [0.29, 0.717) is 6.61 Å². The van der Waals surface area contributed by atoms with E-state index >= 15 is 0 Å². The molecule has 0 spiro atoms. The van der Waals surface area contributed by atoms with Crippen LogP contribution in [-0.2, 0) is 11.3 Å². The third kappa shape index (κ3) is 4.13. The molecule has 0 saturated heterocycles. The minimum absolute atomic E-state index is 0.612. The van der Waals surface area contributed by atoms with E-state index in [1.165, 1.54) is 0 Å². The number of rotatable bonds is 3. The molecule has 0 amide bonds. The Kier molecular flexibility index (Phi) is 6.38. The van der Waals surface area contributed by atoms with Gasteiger partial charge >= 0.3 is 0 Å². The number of nitrogens with one attached hydrogen (secondary N) is 1. The quantitative estimate of drug-likeness (QED) is 0.755. The van der Waals surface area contributed by atoms with E-state index in [4.69, 9.17) is 4.74 Å². The van der Waals surface area contributed by atoms with E-state index < -0.39 is 0 Å². The minimum Gasteiger partial charge on any atom is -0.375 e. The van der Waals surface area contributed by atoms with Gasteiger partial charge in [0.1, 0.15) is 0 Å². The zero-order valence-corrected chi connectivity index (χ0v) is 8.35. The summed E-state index contributed by atoms with van der Waals surface area (Å²) in [7, 11) is 0. The molecule has 1 N–H and O–H groups in total. The lowest BCUT2D eigenvalue weighted by Gasteiger charge is -1.93. The highest BCUT2D eigenvalue weighted by molar-refractivity contribution is 5.05. The molecule has 0 atom stereocenters. The van der Waals surface area contributed by atoms with Crippen LogP contribution >= 0.6 is 0 Å². The first kappa shape index (κ1) is 11.2. The number of aryl methyl sites for hydroxylation is 1. The molecule has 0 unspecified atom stereocenters. The average molecular weight is 170 g/mol. The van der Waals surface area contributed by atoms with E-state index in [-0.39, 0.29) is 0 Å². The van der Waals surface area contributed by atoms with Gasteiger partial charge in [0.25, 0.3) is 0 Å². The fourth-order valence-corrected chi connectivity index (χ4v) is 0.755. The zero-order chi connectivity index (χ0) is 9.40.